The molecular weight excluding hydrogens is 212 g/mol. The average Bonchev–Trinajstić information content (AvgIpc) is 2.79. The molecule has 1 atom stereocenters. The van der Waals surface area contributed by atoms with Gasteiger partial charge in [0.25, 0.3) is 0 Å². The maximum absolute atomic E-state index is 11.4. The molecule has 100 valence electrons. The number of hydrogen-bond donors (Lipinski definition) is 2. The second-order valence-electron chi connectivity index (χ2n) is 5.51. The van der Waals surface area contributed by atoms with Gasteiger partial charge < -0.3 is 11.1 Å². The van der Waals surface area contributed by atoms with Crippen molar-refractivity contribution in [2.24, 2.45) is 11.7 Å². The Morgan fingerprint density at radius 3 is 2.71 bits per heavy atom. The summed E-state index contributed by atoms with van der Waals surface area (Å²) in [7, 11) is 0. The van der Waals surface area contributed by atoms with Crippen LogP contribution >= 0.6 is 0 Å². The molecule has 0 aliphatic heterocycles. The van der Waals surface area contributed by atoms with Crippen LogP contribution in [0.5, 0.6) is 0 Å². The maximum Gasteiger partial charge on any atom is 0.220 e. The van der Waals surface area contributed by atoms with Crippen molar-refractivity contribution in [1.82, 2.24) is 5.32 Å². The molecule has 1 fully saturated rings. The Morgan fingerprint density at radius 1 is 1.35 bits per heavy atom. The van der Waals surface area contributed by atoms with Gasteiger partial charge in [0.1, 0.15) is 0 Å². The number of carbonyl (C=O) groups is 1. The molecule has 0 spiro atoms. The van der Waals surface area contributed by atoms with E-state index < -0.39 is 0 Å². The van der Waals surface area contributed by atoms with E-state index in [-0.39, 0.29) is 11.9 Å². The fraction of sp³-hybridized carbons (Fsp3) is 0.929. The van der Waals surface area contributed by atoms with E-state index in [2.05, 4.69) is 5.32 Å². The summed E-state index contributed by atoms with van der Waals surface area (Å²) in [5.41, 5.74) is 5.61. The van der Waals surface area contributed by atoms with E-state index in [1.54, 1.807) is 0 Å². The number of amides is 1. The molecule has 0 aromatic heterocycles. The number of nitrogens with two attached hydrogens (primary N) is 1. The van der Waals surface area contributed by atoms with Crippen molar-refractivity contribution in [2.75, 3.05) is 6.54 Å². The van der Waals surface area contributed by atoms with E-state index in [9.17, 15) is 4.79 Å². The van der Waals surface area contributed by atoms with Crippen LogP contribution in [0.15, 0.2) is 0 Å². The van der Waals surface area contributed by atoms with Crippen molar-refractivity contribution in [3.8, 4) is 0 Å². The fourth-order valence-electron chi connectivity index (χ4n) is 2.53. The van der Waals surface area contributed by atoms with Crippen LogP contribution in [0.2, 0.25) is 0 Å². The topological polar surface area (TPSA) is 55.1 Å². The number of carbonyl (C=O) groups excluding carboxylic acids is 1. The average molecular weight is 240 g/mol. The van der Waals surface area contributed by atoms with Crippen LogP contribution in [-0.4, -0.2) is 18.5 Å². The highest BCUT2D eigenvalue weighted by Gasteiger charge is 2.13. The highest BCUT2D eigenvalue weighted by atomic mass is 16.1. The van der Waals surface area contributed by atoms with Gasteiger partial charge in [-0.25, -0.2) is 0 Å². The first kappa shape index (κ1) is 14.5. The van der Waals surface area contributed by atoms with Crippen molar-refractivity contribution >= 4 is 5.91 Å². The van der Waals surface area contributed by atoms with Gasteiger partial charge in [0, 0.05) is 19.0 Å². The van der Waals surface area contributed by atoms with Gasteiger partial charge in [-0.05, 0) is 25.7 Å². The normalized spacial score (nSPS) is 18.2. The molecule has 1 saturated carbocycles. The molecule has 0 saturated heterocycles. The van der Waals surface area contributed by atoms with Crippen molar-refractivity contribution in [1.29, 1.82) is 0 Å². The highest BCUT2D eigenvalue weighted by molar-refractivity contribution is 5.75. The zero-order valence-electron chi connectivity index (χ0n) is 11.2. The number of nitrogens with one attached hydrogen (secondary N) is 1. The molecular formula is C14H28N2O. The molecule has 0 heterocycles. The molecule has 0 radical (unpaired) electrons. The minimum Gasteiger partial charge on any atom is -0.356 e. The lowest BCUT2D eigenvalue weighted by Gasteiger charge is -2.09. The van der Waals surface area contributed by atoms with Crippen LogP contribution in [0.3, 0.4) is 0 Å². The Labute approximate surface area is 106 Å². The first-order valence-corrected chi connectivity index (χ1v) is 7.20. The van der Waals surface area contributed by atoms with Gasteiger partial charge >= 0.3 is 0 Å². The molecule has 1 aliphatic rings. The van der Waals surface area contributed by atoms with E-state index in [0.717, 1.165) is 25.3 Å². The summed E-state index contributed by atoms with van der Waals surface area (Å²) in [4.78, 5) is 11.4. The third-order valence-corrected chi connectivity index (χ3v) is 3.66. The number of hydrogen-bond acceptors (Lipinski definition) is 2. The van der Waals surface area contributed by atoms with Gasteiger partial charge in [0.05, 0.1) is 0 Å². The van der Waals surface area contributed by atoms with Crippen LogP contribution in [0.25, 0.3) is 0 Å². The number of unbranched alkanes of at least 4 members (excludes halogenated alkanes) is 1. The SMILES string of the molecule is CC(N)CCC(=O)NCCCCC1CCCC1. The minimum absolute atomic E-state index is 0.128. The Morgan fingerprint density at radius 2 is 2.06 bits per heavy atom. The Balaban J connectivity index is 1.87. The van der Waals surface area contributed by atoms with Gasteiger partial charge in [-0.15, -0.1) is 0 Å². The molecule has 1 rings (SSSR count). The smallest absolute Gasteiger partial charge is 0.220 e. The van der Waals surface area contributed by atoms with Gasteiger partial charge in [0.2, 0.25) is 5.91 Å². The predicted molar refractivity (Wildman–Crippen MR) is 71.7 cm³/mol. The fourth-order valence-corrected chi connectivity index (χ4v) is 2.53. The van der Waals surface area contributed by atoms with Gasteiger partial charge in [-0.1, -0.05) is 38.5 Å². The predicted octanol–water partition coefficient (Wildman–Crippen LogP) is 2.59. The standard InChI is InChI=1S/C14H28N2O/c1-12(15)9-10-14(17)16-11-5-4-8-13-6-2-3-7-13/h12-13H,2-11,15H2,1H3,(H,16,17). The summed E-state index contributed by atoms with van der Waals surface area (Å²) in [5.74, 6) is 1.13. The van der Waals surface area contributed by atoms with Gasteiger partial charge in [-0.3, -0.25) is 4.79 Å². The number of rotatable bonds is 8. The molecule has 1 unspecified atom stereocenters. The van der Waals surface area contributed by atoms with E-state index >= 15 is 0 Å². The van der Waals surface area contributed by atoms with Crippen molar-refractivity contribution in [3.63, 3.8) is 0 Å². The zero-order valence-corrected chi connectivity index (χ0v) is 11.2. The monoisotopic (exact) mass is 240 g/mol. The zero-order chi connectivity index (χ0) is 12.5. The van der Waals surface area contributed by atoms with Crippen LogP contribution in [0.1, 0.15) is 64.7 Å². The summed E-state index contributed by atoms with van der Waals surface area (Å²) in [6, 6.07) is 0.128. The van der Waals surface area contributed by atoms with Crippen LogP contribution in [-0.2, 0) is 4.79 Å². The van der Waals surface area contributed by atoms with E-state index in [0.29, 0.717) is 6.42 Å². The summed E-state index contributed by atoms with van der Waals surface area (Å²) in [5, 5.41) is 2.97. The Kier molecular flexibility index (Phi) is 7.25. The second-order valence-corrected chi connectivity index (χ2v) is 5.51. The molecule has 3 N–H and O–H groups in total. The Hall–Kier alpha value is -0.570. The lowest BCUT2D eigenvalue weighted by atomic mass is 10.0. The Bertz CT molecular complexity index is 210. The van der Waals surface area contributed by atoms with E-state index in [4.69, 9.17) is 5.73 Å². The van der Waals surface area contributed by atoms with Crippen molar-refractivity contribution in [2.45, 2.75) is 70.8 Å². The maximum atomic E-state index is 11.4. The molecule has 3 heteroatoms. The first-order valence-electron chi connectivity index (χ1n) is 7.20. The molecule has 3 nitrogen and oxygen atoms in total. The van der Waals surface area contributed by atoms with Gasteiger partial charge in [0.15, 0.2) is 0 Å². The summed E-state index contributed by atoms with van der Waals surface area (Å²) in [6.45, 7) is 2.78. The molecule has 0 aromatic rings. The largest absolute Gasteiger partial charge is 0.356 e. The van der Waals surface area contributed by atoms with Crippen LogP contribution in [0, 0.1) is 5.92 Å². The summed E-state index contributed by atoms with van der Waals surface area (Å²) < 4.78 is 0. The lowest BCUT2D eigenvalue weighted by molar-refractivity contribution is -0.121. The quantitative estimate of drug-likeness (QED) is 0.641. The highest BCUT2D eigenvalue weighted by Crippen LogP contribution is 2.28. The lowest BCUT2D eigenvalue weighted by Crippen LogP contribution is -2.26. The minimum atomic E-state index is 0.128. The summed E-state index contributed by atoms with van der Waals surface area (Å²) in [6.07, 6.45) is 10.8. The molecule has 17 heavy (non-hydrogen) atoms. The molecule has 1 amide bonds. The van der Waals surface area contributed by atoms with Crippen molar-refractivity contribution < 1.29 is 4.79 Å². The van der Waals surface area contributed by atoms with E-state index in [1.807, 2.05) is 6.92 Å². The molecule has 0 bridgehead atoms. The molecule has 0 aromatic carbocycles. The third kappa shape index (κ3) is 7.37. The van der Waals surface area contributed by atoms with E-state index in [1.165, 1.54) is 38.5 Å². The second kappa shape index (κ2) is 8.51. The third-order valence-electron chi connectivity index (χ3n) is 3.66. The first-order chi connectivity index (χ1) is 8.18. The summed E-state index contributed by atoms with van der Waals surface area (Å²) >= 11 is 0. The molecule has 1 aliphatic carbocycles. The van der Waals surface area contributed by atoms with Crippen LogP contribution < -0.4 is 11.1 Å². The van der Waals surface area contributed by atoms with Crippen LogP contribution in [0.4, 0.5) is 0 Å². The van der Waals surface area contributed by atoms with Gasteiger partial charge in [-0.2, -0.15) is 0 Å². The van der Waals surface area contributed by atoms with Crippen molar-refractivity contribution in [3.05, 3.63) is 0 Å².